The van der Waals surface area contributed by atoms with Gasteiger partial charge in [-0.3, -0.25) is 9.59 Å². The number of rotatable bonds is 7. The summed E-state index contributed by atoms with van der Waals surface area (Å²) >= 11 is 0. The number of aliphatic hydroxyl groups is 1. The molecule has 0 fully saturated rings. The van der Waals surface area contributed by atoms with Gasteiger partial charge in [0, 0.05) is 6.42 Å². The molecule has 0 saturated carbocycles. The number of carbonyl (C=O) groups excluding carboxylic acids is 2. The maximum Gasteiger partial charge on any atom is 0.163 e. The van der Waals surface area contributed by atoms with E-state index < -0.39 is 6.10 Å². The number of aliphatic hydroxyl groups excluding tert-OH is 1. The highest BCUT2D eigenvalue weighted by atomic mass is 16.3. The van der Waals surface area contributed by atoms with E-state index in [1.54, 1.807) is 18.2 Å². The number of hydrogen-bond acceptors (Lipinski definition) is 5. The van der Waals surface area contributed by atoms with Crippen molar-refractivity contribution in [2.45, 2.75) is 18.9 Å². The largest absolute Gasteiger partial charge is 0.508 e. The van der Waals surface area contributed by atoms with Crippen molar-refractivity contribution in [2.24, 2.45) is 0 Å². The van der Waals surface area contributed by atoms with Crippen LogP contribution in [-0.2, 0) is 9.59 Å². The highest BCUT2D eigenvalue weighted by molar-refractivity contribution is 6.06. The molecule has 0 aromatic heterocycles. The Hall–Kier alpha value is -2.92. The Morgan fingerprint density at radius 1 is 0.917 bits per heavy atom. The van der Waals surface area contributed by atoms with Crippen LogP contribution in [0.4, 0.5) is 0 Å². The molecule has 1 unspecified atom stereocenters. The van der Waals surface area contributed by atoms with Crippen molar-refractivity contribution in [1.29, 1.82) is 0 Å². The average Bonchev–Trinajstić information content (AvgIpc) is 2.54. The summed E-state index contributed by atoms with van der Waals surface area (Å²) in [5.74, 6) is -0.509. The number of ketones is 2. The molecular weight excluding hydrogens is 308 g/mol. The predicted octanol–water partition coefficient (Wildman–Crippen LogP) is 2.76. The van der Waals surface area contributed by atoms with Gasteiger partial charge in [0.1, 0.15) is 17.3 Å². The molecule has 0 radical (unpaired) electrons. The summed E-state index contributed by atoms with van der Waals surface area (Å²) in [5, 5.41) is 28.3. The first kappa shape index (κ1) is 17.4. The lowest BCUT2D eigenvalue weighted by Gasteiger charge is -2.09. The fraction of sp³-hybridized carbons (Fsp3) is 0.158. The summed E-state index contributed by atoms with van der Waals surface area (Å²) in [7, 11) is 0. The van der Waals surface area contributed by atoms with Crippen molar-refractivity contribution in [3.8, 4) is 11.5 Å². The highest BCUT2D eigenvalue weighted by Gasteiger charge is 2.15. The van der Waals surface area contributed by atoms with Crippen LogP contribution in [0.5, 0.6) is 11.5 Å². The standard InChI is InChI=1S/C19H18O5/c20-15-6-1-13(2-7-15)3-8-17(22)11-18(23)12-19(24)14-4-9-16(21)10-5-14/h1-10,19-21,24H,11-12H2/b8-3+. The van der Waals surface area contributed by atoms with E-state index in [0.29, 0.717) is 5.56 Å². The van der Waals surface area contributed by atoms with E-state index >= 15 is 0 Å². The lowest BCUT2D eigenvalue weighted by Crippen LogP contribution is -2.10. The molecular formula is C19H18O5. The van der Waals surface area contributed by atoms with Gasteiger partial charge in [-0.05, 0) is 41.5 Å². The maximum atomic E-state index is 11.9. The van der Waals surface area contributed by atoms with Crippen LogP contribution >= 0.6 is 0 Å². The molecule has 0 aliphatic carbocycles. The minimum atomic E-state index is -1.01. The minimum Gasteiger partial charge on any atom is -0.508 e. The zero-order valence-electron chi connectivity index (χ0n) is 12.9. The first-order valence-corrected chi connectivity index (χ1v) is 7.42. The monoisotopic (exact) mass is 326 g/mol. The summed E-state index contributed by atoms with van der Waals surface area (Å²) < 4.78 is 0. The van der Waals surface area contributed by atoms with Crippen molar-refractivity contribution in [3.63, 3.8) is 0 Å². The summed E-state index contributed by atoms with van der Waals surface area (Å²) in [6.07, 6.45) is 1.41. The Labute approximate surface area is 139 Å². The fourth-order valence-electron chi connectivity index (χ4n) is 2.13. The lowest BCUT2D eigenvalue weighted by atomic mass is 10.0. The normalized spacial score (nSPS) is 12.2. The molecule has 2 rings (SSSR count). The third-order valence-electron chi connectivity index (χ3n) is 3.43. The SMILES string of the molecule is O=C(/C=C/c1ccc(O)cc1)CC(=O)CC(O)c1ccc(O)cc1. The molecule has 0 bridgehead atoms. The van der Waals surface area contributed by atoms with E-state index in [9.17, 15) is 24.9 Å². The van der Waals surface area contributed by atoms with Crippen LogP contribution in [0.3, 0.4) is 0 Å². The molecule has 0 amide bonds. The van der Waals surface area contributed by atoms with Crippen molar-refractivity contribution in [3.05, 3.63) is 65.7 Å². The van der Waals surface area contributed by atoms with E-state index in [1.807, 2.05) is 0 Å². The Bertz CT molecular complexity index is 729. The van der Waals surface area contributed by atoms with E-state index in [2.05, 4.69) is 0 Å². The molecule has 24 heavy (non-hydrogen) atoms. The number of carbonyl (C=O) groups is 2. The number of hydrogen-bond donors (Lipinski definition) is 3. The molecule has 0 saturated heterocycles. The van der Waals surface area contributed by atoms with Gasteiger partial charge in [-0.25, -0.2) is 0 Å². The van der Waals surface area contributed by atoms with Crippen LogP contribution in [0.1, 0.15) is 30.1 Å². The van der Waals surface area contributed by atoms with Crippen LogP contribution in [0.25, 0.3) is 6.08 Å². The van der Waals surface area contributed by atoms with E-state index in [0.717, 1.165) is 5.56 Å². The molecule has 0 heterocycles. The first-order valence-electron chi connectivity index (χ1n) is 7.42. The number of benzene rings is 2. The van der Waals surface area contributed by atoms with Gasteiger partial charge in [0.15, 0.2) is 5.78 Å². The van der Waals surface area contributed by atoms with Gasteiger partial charge >= 0.3 is 0 Å². The van der Waals surface area contributed by atoms with Crippen LogP contribution in [-0.4, -0.2) is 26.9 Å². The zero-order chi connectivity index (χ0) is 17.5. The van der Waals surface area contributed by atoms with Gasteiger partial charge in [-0.15, -0.1) is 0 Å². The molecule has 0 aliphatic rings. The lowest BCUT2D eigenvalue weighted by molar-refractivity contribution is -0.126. The summed E-state index contributed by atoms with van der Waals surface area (Å²) in [5.41, 5.74) is 1.24. The Balaban J connectivity index is 1.85. The Morgan fingerprint density at radius 3 is 2.04 bits per heavy atom. The maximum absolute atomic E-state index is 11.9. The molecule has 5 heteroatoms. The second kappa shape index (κ2) is 8.08. The van der Waals surface area contributed by atoms with Gasteiger partial charge in [-0.1, -0.05) is 30.3 Å². The van der Waals surface area contributed by atoms with Gasteiger partial charge in [0.05, 0.1) is 12.5 Å². The molecule has 1 atom stereocenters. The van der Waals surface area contributed by atoms with Gasteiger partial charge in [0.25, 0.3) is 0 Å². The summed E-state index contributed by atoms with van der Waals surface area (Å²) in [6, 6.07) is 12.2. The van der Waals surface area contributed by atoms with Gasteiger partial charge < -0.3 is 15.3 Å². The molecule has 2 aromatic rings. The van der Waals surface area contributed by atoms with E-state index in [-0.39, 0.29) is 35.9 Å². The quantitative estimate of drug-likeness (QED) is 0.537. The highest BCUT2D eigenvalue weighted by Crippen LogP contribution is 2.20. The van der Waals surface area contributed by atoms with Gasteiger partial charge in [-0.2, -0.15) is 0 Å². The molecule has 0 spiro atoms. The van der Waals surface area contributed by atoms with Crippen molar-refractivity contribution < 1.29 is 24.9 Å². The van der Waals surface area contributed by atoms with Crippen molar-refractivity contribution in [1.82, 2.24) is 0 Å². The molecule has 0 aliphatic heterocycles. The third-order valence-corrected chi connectivity index (χ3v) is 3.43. The fourth-order valence-corrected chi connectivity index (χ4v) is 2.13. The molecule has 3 N–H and O–H groups in total. The number of allylic oxidation sites excluding steroid dienone is 1. The van der Waals surface area contributed by atoms with Gasteiger partial charge in [0.2, 0.25) is 0 Å². The Kier molecular flexibility index (Phi) is 5.87. The Morgan fingerprint density at radius 2 is 1.46 bits per heavy atom. The van der Waals surface area contributed by atoms with Crippen LogP contribution in [0.15, 0.2) is 54.6 Å². The first-order chi connectivity index (χ1) is 11.4. The second-order valence-corrected chi connectivity index (χ2v) is 5.42. The number of Topliss-reactive ketones (excluding diaryl/α,β-unsaturated/α-hetero) is 1. The summed E-state index contributed by atoms with van der Waals surface area (Å²) in [6.45, 7) is 0. The third kappa shape index (κ3) is 5.37. The average molecular weight is 326 g/mol. The number of phenolic OH excluding ortho intramolecular Hbond substituents is 2. The molecule has 5 nitrogen and oxygen atoms in total. The van der Waals surface area contributed by atoms with Crippen LogP contribution in [0.2, 0.25) is 0 Å². The van der Waals surface area contributed by atoms with E-state index in [1.165, 1.54) is 42.5 Å². The molecule has 2 aromatic carbocycles. The van der Waals surface area contributed by atoms with Crippen LogP contribution < -0.4 is 0 Å². The number of phenols is 2. The minimum absolute atomic E-state index is 0.0758. The van der Waals surface area contributed by atoms with Crippen molar-refractivity contribution >= 4 is 17.6 Å². The molecule has 124 valence electrons. The second-order valence-electron chi connectivity index (χ2n) is 5.42. The number of aromatic hydroxyl groups is 2. The topological polar surface area (TPSA) is 94.8 Å². The van der Waals surface area contributed by atoms with E-state index in [4.69, 9.17) is 0 Å². The van der Waals surface area contributed by atoms with Crippen molar-refractivity contribution in [2.75, 3.05) is 0 Å². The summed E-state index contributed by atoms with van der Waals surface area (Å²) in [4.78, 5) is 23.6. The predicted molar refractivity (Wildman–Crippen MR) is 89.5 cm³/mol. The zero-order valence-corrected chi connectivity index (χ0v) is 12.9. The van der Waals surface area contributed by atoms with Crippen LogP contribution in [0, 0.1) is 0 Å². The smallest absolute Gasteiger partial charge is 0.163 e.